The van der Waals surface area contributed by atoms with Gasteiger partial charge in [-0.05, 0) is 6.42 Å². The molecule has 0 fully saturated rings. The van der Waals surface area contributed by atoms with Crippen molar-refractivity contribution in [3.63, 3.8) is 0 Å². The molecular weight excluding hydrogens is 249 g/mol. The number of aliphatic carboxylic acids is 1. The van der Waals surface area contributed by atoms with Gasteiger partial charge in [0.2, 0.25) is 0 Å². The second-order valence-corrected chi connectivity index (χ2v) is 5.27. The van der Waals surface area contributed by atoms with Crippen LogP contribution in [-0.2, 0) is 4.79 Å². The standard InChI is InChI=1S/C15H31NO2.Na.H/c1-2-3-4-5-6-7-8-9-10-11-12-13-14(16)15(17)18;;/h14H,2-13,16H2,1H3,(H,17,18);;/t14-;;/m0../s1. The molecule has 0 aromatic rings. The van der Waals surface area contributed by atoms with E-state index in [0.29, 0.717) is 6.42 Å². The molecule has 0 saturated heterocycles. The first kappa shape index (κ1) is 21.7. The van der Waals surface area contributed by atoms with Crippen molar-refractivity contribution in [3.05, 3.63) is 0 Å². The van der Waals surface area contributed by atoms with Crippen LogP contribution in [-0.4, -0.2) is 46.7 Å². The molecular formula is C15H32NNaO2. The summed E-state index contributed by atoms with van der Waals surface area (Å²) in [7, 11) is 0. The molecule has 0 rings (SSSR count). The van der Waals surface area contributed by atoms with Gasteiger partial charge in [-0.25, -0.2) is 0 Å². The molecule has 0 amide bonds. The van der Waals surface area contributed by atoms with Crippen LogP contribution in [0.2, 0.25) is 0 Å². The van der Waals surface area contributed by atoms with Gasteiger partial charge in [0.15, 0.2) is 0 Å². The number of carbonyl (C=O) groups is 1. The second-order valence-electron chi connectivity index (χ2n) is 5.27. The number of hydrogen-bond acceptors (Lipinski definition) is 2. The number of unbranched alkanes of at least 4 members (excludes halogenated alkanes) is 10. The van der Waals surface area contributed by atoms with E-state index in [1.165, 1.54) is 57.8 Å². The SMILES string of the molecule is CCCCCCCCCCCCC[C@H](N)C(=O)O.[NaH]. The Bertz CT molecular complexity index is 201. The van der Waals surface area contributed by atoms with E-state index in [2.05, 4.69) is 6.92 Å². The van der Waals surface area contributed by atoms with E-state index >= 15 is 0 Å². The summed E-state index contributed by atoms with van der Waals surface area (Å²) in [4.78, 5) is 10.5. The van der Waals surface area contributed by atoms with Gasteiger partial charge in [-0.2, -0.15) is 0 Å². The van der Waals surface area contributed by atoms with Crippen LogP contribution >= 0.6 is 0 Å². The molecule has 0 radical (unpaired) electrons. The predicted molar refractivity (Wildman–Crippen MR) is 83.8 cm³/mol. The molecule has 0 aromatic carbocycles. The number of carboxylic acid groups (broad SMARTS) is 1. The zero-order chi connectivity index (χ0) is 13.6. The maximum atomic E-state index is 10.5. The van der Waals surface area contributed by atoms with Crippen molar-refractivity contribution in [1.82, 2.24) is 0 Å². The van der Waals surface area contributed by atoms with Crippen LogP contribution in [0, 0.1) is 0 Å². The Labute approximate surface area is 141 Å². The van der Waals surface area contributed by atoms with Crippen LogP contribution in [0.15, 0.2) is 0 Å². The van der Waals surface area contributed by atoms with E-state index in [0.717, 1.165) is 12.8 Å². The summed E-state index contributed by atoms with van der Waals surface area (Å²) in [6.45, 7) is 2.25. The predicted octanol–water partition coefficient (Wildman–Crippen LogP) is 3.45. The fourth-order valence-electron chi connectivity index (χ4n) is 2.15. The van der Waals surface area contributed by atoms with Crippen LogP contribution < -0.4 is 5.73 Å². The minimum atomic E-state index is -0.873. The monoisotopic (exact) mass is 281 g/mol. The van der Waals surface area contributed by atoms with Crippen molar-refractivity contribution in [3.8, 4) is 0 Å². The van der Waals surface area contributed by atoms with Gasteiger partial charge >= 0.3 is 35.5 Å². The molecule has 0 saturated carbocycles. The first-order chi connectivity index (χ1) is 8.68. The van der Waals surface area contributed by atoms with Crippen molar-refractivity contribution < 1.29 is 9.90 Å². The topological polar surface area (TPSA) is 63.3 Å². The van der Waals surface area contributed by atoms with Gasteiger partial charge in [0, 0.05) is 0 Å². The van der Waals surface area contributed by atoms with Crippen molar-refractivity contribution in [2.45, 2.75) is 90.0 Å². The van der Waals surface area contributed by atoms with Gasteiger partial charge in [-0.15, -0.1) is 0 Å². The molecule has 0 aliphatic rings. The zero-order valence-electron chi connectivity index (χ0n) is 12.0. The van der Waals surface area contributed by atoms with Crippen molar-refractivity contribution in [2.75, 3.05) is 0 Å². The Morgan fingerprint density at radius 2 is 1.26 bits per heavy atom. The average molecular weight is 281 g/mol. The summed E-state index contributed by atoms with van der Waals surface area (Å²) in [5.74, 6) is -0.873. The third-order valence-corrected chi connectivity index (χ3v) is 3.44. The summed E-state index contributed by atoms with van der Waals surface area (Å²) in [5.41, 5.74) is 5.44. The average Bonchev–Trinajstić information content (AvgIpc) is 2.35. The van der Waals surface area contributed by atoms with E-state index in [9.17, 15) is 4.79 Å². The third kappa shape index (κ3) is 16.4. The van der Waals surface area contributed by atoms with Crippen molar-refractivity contribution in [2.24, 2.45) is 5.73 Å². The van der Waals surface area contributed by atoms with Crippen molar-refractivity contribution in [1.29, 1.82) is 0 Å². The van der Waals surface area contributed by atoms with E-state index in [1.807, 2.05) is 0 Å². The molecule has 0 heterocycles. The molecule has 4 heteroatoms. The molecule has 0 spiro atoms. The summed E-state index contributed by atoms with van der Waals surface area (Å²) in [6.07, 6.45) is 14.7. The molecule has 19 heavy (non-hydrogen) atoms. The Morgan fingerprint density at radius 1 is 0.895 bits per heavy atom. The summed E-state index contributed by atoms with van der Waals surface area (Å²) in [6, 6.07) is -0.663. The molecule has 110 valence electrons. The molecule has 3 N–H and O–H groups in total. The van der Waals surface area contributed by atoms with E-state index in [-0.39, 0.29) is 29.6 Å². The second kappa shape index (κ2) is 16.5. The Morgan fingerprint density at radius 3 is 1.63 bits per heavy atom. The summed E-state index contributed by atoms with van der Waals surface area (Å²) >= 11 is 0. The fourth-order valence-corrected chi connectivity index (χ4v) is 2.15. The minimum absolute atomic E-state index is 0. The molecule has 0 unspecified atom stereocenters. The molecule has 3 nitrogen and oxygen atoms in total. The maximum absolute atomic E-state index is 10.5. The number of rotatable bonds is 13. The van der Waals surface area contributed by atoms with E-state index in [4.69, 9.17) is 10.8 Å². The molecule has 0 aliphatic heterocycles. The first-order valence-electron chi connectivity index (χ1n) is 7.67. The Hall–Kier alpha value is 0.430. The fraction of sp³-hybridized carbons (Fsp3) is 0.933. The van der Waals surface area contributed by atoms with Gasteiger partial charge in [0.25, 0.3) is 0 Å². The normalized spacial score (nSPS) is 11.9. The number of hydrogen-bond donors (Lipinski definition) is 2. The van der Waals surface area contributed by atoms with E-state index < -0.39 is 12.0 Å². The number of carboxylic acids is 1. The van der Waals surface area contributed by atoms with Crippen LogP contribution in [0.25, 0.3) is 0 Å². The van der Waals surface area contributed by atoms with Gasteiger partial charge in [0.1, 0.15) is 6.04 Å². The van der Waals surface area contributed by atoms with Crippen LogP contribution in [0.1, 0.15) is 84.0 Å². The van der Waals surface area contributed by atoms with Crippen LogP contribution in [0.3, 0.4) is 0 Å². The molecule has 0 aromatic heterocycles. The Kier molecular flexibility index (Phi) is 18.8. The van der Waals surface area contributed by atoms with Crippen LogP contribution in [0.4, 0.5) is 0 Å². The Balaban J connectivity index is 0. The van der Waals surface area contributed by atoms with Crippen molar-refractivity contribution >= 4 is 35.5 Å². The summed E-state index contributed by atoms with van der Waals surface area (Å²) < 4.78 is 0. The van der Waals surface area contributed by atoms with Crippen LogP contribution in [0.5, 0.6) is 0 Å². The zero-order valence-corrected chi connectivity index (χ0v) is 12.0. The molecule has 0 bridgehead atoms. The quantitative estimate of drug-likeness (QED) is 0.401. The third-order valence-electron chi connectivity index (χ3n) is 3.44. The van der Waals surface area contributed by atoms with E-state index in [1.54, 1.807) is 0 Å². The van der Waals surface area contributed by atoms with Gasteiger partial charge < -0.3 is 10.8 Å². The first-order valence-corrected chi connectivity index (χ1v) is 7.67. The van der Waals surface area contributed by atoms with Gasteiger partial charge in [-0.3, -0.25) is 4.79 Å². The van der Waals surface area contributed by atoms with Gasteiger partial charge in [-0.1, -0.05) is 77.6 Å². The number of nitrogens with two attached hydrogens (primary N) is 1. The summed E-state index contributed by atoms with van der Waals surface area (Å²) in [5, 5.41) is 8.62. The molecule has 1 atom stereocenters. The van der Waals surface area contributed by atoms with Gasteiger partial charge in [0.05, 0.1) is 0 Å². The molecule has 0 aliphatic carbocycles.